The Morgan fingerprint density at radius 1 is 1.24 bits per heavy atom. The van der Waals surface area contributed by atoms with Crippen molar-refractivity contribution < 1.29 is 0 Å². The Hall–Kier alpha value is -0.530. The van der Waals surface area contributed by atoms with Crippen molar-refractivity contribution in [2.24, 2.45) is 5.92 Å². The van der Waals surface area contributed by atoms with Crippen LogP contribution in [0.15, 0.2) is 24.3 Å². The predicted molar refractivity (Wildman–Crippen MR) is 74.4 cm³/mol. The maximum atomic E-state index is 5.98. The van der Waals surface area contributed by atoms with Gasteiger partial charge in [-0.05, 0) is 49.4 Å². The van der Waals surface area contributed by atoms with Crippen LogP contribution >= 0.6 is 11.6 Å². The second-order valence-corrected chi connectivity index (χ2v) is 6.01. The molecule has 1 nitrogen and oxygen atoms in total. The van der Waals surface area contributed by atoms with E-state index in [0.29, 0.717) is 5.92 Å². The fourth-order valence-electron chi connectivity index (χ4n) is 2.97. The first-order valence-electron chi connectivity index (χ1n) is 6.63. The molecule has 1 saturated heterocycles. The number of piperidine rings is 1. The molecule has 0 aliphatic carbocycles. The Kier molecular flexibility index (Phi) is 4.11. The summed E-state index contributed by atoms with van der Waals surface area (Å²) in [6, 6.07) is 8.39. The summed E-state index contributed by atoms with van der Waals surface area (Å²) >= 11 is 5.98. The van der Waals surface area contributed by atoms with Gasteiger partial charge < -0.3 is 5.32 Å². The number of hydrogen-bond donors (Lipinski definition) is 1. The molecule has 1 fully saturated rings. The maximum Gasteiger partial charge on any atom is 0.0437 e. The molecule has 17 heavy (non-hydrogen) atoms. The monoisotopic (exact) mass is 251 g/mol. The summed E-state index contributed by atoms with van der Waals surface area (Å²) in [5.41, 5.74) is 1.58. The van der Waals surface area contributed by atoms with Gasteiger partial charge in [0.25, 0.3) is 0 Å². The summed E-state index contributed by atoms with van der Waals surface area (Å²) in [4.78, 5) is 0. The van der Waals surface area contributed by atoms with E-state index in [1.54, 1.807) is 0 Å². The second-order valence-electron chi connectivity index (χ2n) is 5.57. The lowest BCUT2D eigenvalue weighted by atomic mass is 9.77. The number of nitrogens with one attached hydrogen (secondary N) is 1. The van der Waals surface area contributed by atoms with Gasteiger partial charge in [0.1, 0.15) is 0 Å². The normalized spacial score (nSPS) is 25.2. The van der Waals surface area contributed by atoms with E-state index in [1.807, 2.05) is 12.1 Å². The third-order valence-electron chi connectivity index (χ3n) is 3.65. The van der Waals surface area contributed by atoms with Crippen LogP contribution in [0.2, 0.25) is 5.02 Å². The largest absolute Gasteiger partial charge is 0.307 e. The van der Waals surface area contributed by atoms with Gasteiger partial charge in [0.05, 0.1) is 0 Å². The molecular formula is C15H22ClN. The highest BCUT2D eigenvalue weighted by Gasteiger charge is 2.33. The molecule has 2 rings (SSSR count). The lowest BCUT2D eigenvalue weighted by molar-refractivity contribution is 0.214. The smallest absolute Gasteiger partial charge is 0.0437 e. The summed E-state index contributed by atoms with van der Waals surface area (Å²) in [7, 11) is 0. The van der Waals surface area contributed by atoms with Crippen LogP contribution in [0.25, 0.3) is 0 Å². The van der Waals surface area contributed by atoms with E-state index < -0.39 is 0 Å². The molecule has 0 spiro atoms. The fraction of sp³-hybridized carbons (Fsp3) is 0.600. The molecule has 1 heterocycles. The molecule has 0 saturated carbocycles. The molecule has 2 heteroatoms. The molecule has 0 aromatic heterocycles. The highest BCUT2D eigenvalue weighted by atomic mass is 35.5. The van der Waals surface area contributed by atoms with Crippen LogP contribution < -0.4 is 5.32 Å². The summed E-state index contributed by atoms with van der Waals surface area (Å²) < 4.78 is 0. The maximum absolute atomic E-state index is 5.98. The summed E-state index contributed by atoms with van der Waals surface area (Å²) in [6.45, 7) is 5.73. The Morgan fingerprint density at radius 2 is 1.94 bits per heavy atom. The van der Waals surface area contributed by atoms with Gasteiger partial charge in [-0.1, -0.05) is 44.0 Å². The Bertz CT molecular complexity index is 350. The third-order valence-corrected chi connectivity index (χ3v) is 3.90. The topological polar surface area (TPSA) is 12.0 Å². The molecule has 1 aromatic carbocycles. The zero-order valence-corrected chi connectivity index (χ0v) is 11.6. The van der Waals surface area contributed by atoms with E-state index in [2.05, 4.69) is 31.3 Å². The molecule has 1 aliphatic rings. The van der Waals surface area contributed by atoms with Gasteiger partial charge in [-0.25, -0.2) is 0 Å². The predicted octanol–water partition coefficient (Wildman–Crippen LogP) is 4.35. The minimum absolute atomic E-state index is 0.178. The molecule has 1 unspecified atom stereocenters. The highest BCUT2D eigenvalue weighted by Crippen LogP contribution is 2.36. The number of halogens is 1. The van der Waals surface area contributed by atoms with Gasteiger partial charge in [-0.2, -0.15) is 0 Å². The molecule has 1 aliphatic heterocycles. The van der Waals surface area contributed by atoms with Gasteiger partial charge in [0.15, 0.2) is 0 Å². The van der Waals surface area contributed by atoms with Crippen LogP contribution in [-0.2, 0) is 5.54 Å². The van der Waals surface area contributed by atoms with Crippen molar-refractivity contribution in [1.29, 1.82) is 0 Å². The van der Waals surface area contributed by atoms with Gasteiger partial charge in [-0.3, -0.25) is 0 Å². The van der Waals surface area contributed by atoms with Gasteiger partial charge in [0.2, 0.25) is 0 Å². The van der Waals surface area contributed by atoms with E-state index >= 15 is 0 Å². The summed E-state index contributed by atoms with van der Waals surface area (Å²) in [6.07, 6.45) is 5.07. The Labute approximate surface area is 110 Å². The molecule has 1 aromatic rings. The van der Waals surface area contributed by atoms with E-state index in [1.165, 1.54) is 31.2 Å². The third kappa shape index (κ3) is 3.02. The number of benzene rings is 1. The standard InChI is InChI=1S/C15H22ClN/c1-12(2)11-15(9-3-4-10-17-15)13-5-7-14(16)8-6-13/h5-8,12,17H,3-4,9-11H2,1-2H3. The molecule has 0 amide bonds. The van der Waals surface area contributed by atoms with Crippen molar-refractivity contribution in [2.45, 2.75) is 45.1 Å². The molecule has 0 bridgehead atoms. The van der Waals surface area contributed by atoms with E-state index in [9.17, 15) is 0 Å². The first-order valence-corrected chi connectivity index (χ1v) is 7.01. The van der Waals surface area contributed by atoms with Crippen molar-refractivity contribution in [3.8, 4) is 0 Å². The van der Waals surface area contributed by atoms with Crippen LogP contribution in [0, 0.1) is 5.92 Å². The highest BCUT2D eigenvalue weighted by molar-refractivity contribution is 6.30. The second kappa shape index (κ2) is 5.41. The van der Waals surface area contributed by atoms with E-state index in [4.69, 9.17) is 11.6 Å². The van der Waals surface area contributed by atoms with Crippen molar-refractivity contribution in [2.75, 3.05) is 6.54 Å². The van der Waals surface area contributed by atoms with E-state index in [-0.39, 0.29) is 5.54 Å². The van der Waals surface area contributed by atoms with Gasteiger partial charge in [0, 0.05) is 10.6 Å². The van der Waals surface area contributed by atoms with Crippen molar-refractivity contribution in [3.05, 3.63) is 34.9 Å². The van der Waals surface area contributed by atoms with Gasteiger partial charge in [-0.15, -0.1) is 0 Å². The minimum atomic E-state index is 0.178. The zero-order valence-electron chi connectivity index (χ0n) is 10.8. The van der Waals surface area contributed by atoms with Gasteiger partial charge >= 0.3 is 0 Å². The van der Waals surface area contributed by atoms with Crippen LogP contribution in [0.4, 0.5) is 0 Å². The van der Waals surface area contributed by atoms with Crippen molar-refractivity contribution >= 4 is 11.6 Å². The quantitative estimate of drug-likeness (QED) is 0.842. The minimum Gasteiger partial charge on any atom is -0.307 e. The lowest BCUT2D eigenvalue weighted by Gasteiger charge is -2.40. The van der Waals surface area contributed by atoms with Crippen molar-refractivity contribution in [3.63, 3.8) is 0 Å². The molecule has 1 atom stereocenters. The molecule has 94 valence electrons. The fourth-order valence-corrected chi connectivity index (χ4v) is 3.10. The molecular weight excluding hydrogens is 230 g/mol. The van der Waals surface area contributed by atoms with Crippen LogP contribution in [0.3, 0.4) is 0 Å². The van der Waals surface area contributed by atoms with Crippen molar-refractivity contribution in [1.82, 2.24) is 5.32 Å². The average molecular weight is 252 g/mol. The first-order chi connectivity index (χ1) is 8.12. The summed E-state index contributed by atoms with van der Waals surface area (Å²) in [5.74, 6) is 0.705. The first kappa shape index (κ1) is 12.9. The zero-order chi connectivity index (χ0) is 12.3. The number of hydrogen-bond acceptors (Lipinski definition) is 1. The molecule has 1 N–H and O–H groups in total. The number of rotatable bonds is 3. The lowest BCUT2D eigenvalue weighted by Crippen LogP contribution is -2.46. The van der Waals surface area contributed by atoms with Crippen LogP contribution in [0.5, 0.6) is 0 Å². The van der Waals surface area contributed by atoms with E-state index in [0.717, 1.165) is 11.6 Å². The molecule has 0 radical (unpaired) electrons. The Morgan fingerprint density at radius 3 is 2.47 bits per heavy atom. The Balaban J connectivity index is 2.28. The van der Waals surface area contributed by atoms with Crippen LogP contribution in [-0.4, -0.2) is 6.54 Å². The average Bonchev–Trinajstić information content (AvgIpc) is 2.30. The van der Waals surface area contributed by atoms with Crippen LogP contribution in [0.1, 0.15) is 45.1 Å². The summed E-state index contributed by atoms with van der Waals surface area (Å²) in [5, 5.41) is 4.58. The SMILES string of the molecule is CC(C)CC1(c2ccc(Cl)cc2)CCCCN1.